The van der Waals surface area contributed by atoms with E-state index in [0.717, 1.165) is 15.9 Å². The number of benzene rings is 1. The molecule has 0 aliphatic carbocycles. The van der Waals surface area contributed by atoms with Gasteiger partial charge in [0.15, 0.2) is 0 Å². The van der Waals surface area contributed by atoms with Gasteiger partial charge in [-0.25, -0.2) is 4.98 Å². The van der Waals surface area contributed by atoms with E-state index in [4.69, 9.17) is 16.3 Å². The number of halogens is 2. The third-order valence-corrected chi connectivity index (χ3v) is 3.62. The van der Waals surface area contributed by atoms with Gasteiger partial charge >= 0.3 is 0 Å². The van der Waals surface area contributed by atoms with Gasteiger partial charge in [-0.3, -0.25) is 0 Å². The quantitative estimate of drug-likeness (QED) is 0.917. The molecule has 94 valence electrons. The topological polar surface area (TPSA) is 34.1 Å². The summed E-state index contributed by atoms with van der Waals surface area (Å²) >= 11 is 9.38. The van der Waals surface area contributed by atoms with Crippen molar-refractivity contribution in [3.05, 3.63) is 51.6 Å². The number of ether oxygens (including phenoxy) is 1. The van der Waals surface area contributed by atoms with Crippen molar-refractivity contribution < 1.29 is 4.74 Å². The first-order valence-electron chi connectivity index (χ1n) is 5.38. The summed E-state index contributed by atoms with van der Waals surface area (Å²) in [7, 11) is 1.61. The molecular weight excluding hydrogens is 316 g/mol. The van der Waals surface area contributed by atoms with Crippen LogP contribution in [0, 0.1) is 0 Å². The minimum Gasteiger partial charge on any atom is -0.481 e. The van der Waals surface area contributed by atoms with Gasteiger partial charge < -0.3 is 10.1 Å². The van der Waals surface area contributed by atoms with Gasteiger partial charge in [0.05, 0.1) is 24.4 Å². The van der Waals surface area contributed by atoms with Crippen LogP contribution in [-0.4, -0.2) is 12.1 Å². The van der Waals surface area contributed by atoms with Crippen molar-refractivity contribution in [1.29, 1.82) is 0 Å². The molecule has 0 radical (unpaired) electrons. The van der Waals surface area contributed by atoms with Crippen molar-refractivity contribution in [2.75, 3.05) is 12.4 Å². The molecule has 0 unspecified atom stereocenters. The minimum absolute atomic E-state index is 0.614. The smallest absolute Gasteiger partial charge is 0.213 e. The van der Waals surface area contributed by atoms with Crippen LogP contribution in [0.3, 0.4) is 0 Å². The van der Waals surface area contributed by atoms with Crippen molar-refractivity contribution in [3.63, 3.8) is 0 Å². The lowest BCUT2D eigenvalue weighted by Crippen LogP contribution is -2.02. The molecule has 18 heavy (non-hydrogen) atoms. The Balaban J connectivity index is 2.04. The number of nitrogens with zero attached hydrogens (tertiary/aromatic N) is 1. The number of hydrogen-bond donors (Lipinski definition) is 1. The second-order valence-electron chi connectivity index (χ2n) is 3.65. The molecule has 0 saturated carbocycles. The maximum Gasteiger partial charge on any atom is 0.213 e. The van der Waals surface area contributed by atoms with Crippen LogP contribution in [0.2, 0.25) is 5.02 Å². The van der Waals surface area contributed by atoms with E-state index in [1.165, 1.54) is 0 Å². The molecule has 3 nitrogen and oxygen atoms in total. The predicted molar refractivity (Wildman–Crippen MR) is 77.3 cm³/mol. The van der Waals surface area contributed by atoms with E-state index in [9.17, 15) is 0 Å². The first kappa shape index (κ1) is 13.2. The molecule has 0 saturated heterocycles. The lowest BCUT2D eigenvalue weighted by atomic mass is 10.3. The number of rotatable bonds is 4. The zero-order chi connectivity index (χ0) is 13.0. The lowest BCUT2D eigenvalue weighted by Gasteiger charge is -2.08. The Kier molecular flexibility index (Phi) is 4.44. The SMILES string of the molecule is COc1cccc(CNc2ccc(Br)c(Cl)c2)n1. The van der Waals surface area contributed by atoms with Crippen LogP contribution in [0.25, 0.3) is 0 Å². The molecular formula is C13H12BrClN2O. The van der Waals surface area contributed by atoms with Gasteiger partial charge in [0.2, 0.25) is 5.88 Å². The van der Waals surface area contributed by atoms with Gasteiger partial charge in [-0.1, -0.05) is 17.7 Å². The van der Waals surface area contributed by atoms with E-state index in [1.54, 1.807) is 7.11 Å². The molecule has 5 heteroatoms. The third-order valence-electron chi connectivity index (χ3n) is 2.38. The van der Waals surface area contributed by atoms with Crippen LogP contribution in [-0.2, 0) is 6.54 Å². The van der Waals surface area contributed by atoms with Crippen LogP contribution in [0.15, 0.2) is 40.9 Å². The molecule has 0 aliphatic rings. The minimum atomic E-state index is 0.614. The Morgan fingerprint density at radius 2 is 2.17 bits per heavy atom. The fourth-order valence-electron chi connectivity index (χ4n) is 1.47. The van der Waals surface area contributed by atoms with Gasteiger partial charge in [-0.2, -0.15) is 0 Å². The average Bonchev–Trinajstić information content (AvgIpc) is 2.40. The summed E-state index contributed by atoms with van der Waals surface area (Å²) < 4.78 is 5.96. The summed E-state index contributed by atoms with van der Waals surface area (Å²) in [6, 6.07) is 11.4. The first-order chi connectivity index (χ1) is 8.69. The third kappa shape index (κ3) is 3.37. The summed E-state index contributed by atoms with van der Waals surface area (Å²) in [5.41, 5.74) is 1.86. The average molecular weight is 328 g/mol. The molecule has 1 aromatic heterocycles. The van der Waals surface area contributed by atoms with E-state index in [0.29, 0.717) is 17.4 Å². The van der Waals surface area contributed by atoms with Crippen LogP contribution < -0.4 is 10.1 Å². The standard InChI is InChI=1S/C13H12BrClN2O/c1-18-13-4-2-3-10(17-13)8-16-9-5-6-11(14)12(15)7-9/h2-7,16H,8H2,1H3. The predicted octanol–water partition coefficient (Wildman–Crippen LogP) is 4.12. The Morgan fingerprint density at radius 1 is 1.33 bits per heavy atom. The zero-order valence-corrected chi connectivity index (χ0v) is 12.1. The largest absolute Gasteiger partial charge is 0.481 e. The van der Waals surface area contributed by atoms with Gasteiger partial charge in [0.25, 0.3) is 0 Å². The summed E-state index contributed by atoms with van der Waals surface area (Å²) in [5, 5.41) is 3.94. The maximum absolute atomic E-state index is 6.02. The normalized spacial score (nSPS) is 10.2. The maximum atomic E-state index is 6.02. The Morgan fingerprint density at radius 3 is 2.89 bits per heavy atom. The second-order valence-corrected chi connectivity index (χ2v) is 4.92. The first-order valence-corrected chi connectivity index (χ1v) is 6.55. The summed E-state index contributed by atoms with van der Waals surface area (Å²) in [4.78, 5) is 4.32. The fraction of sp³-hybridized carbons (Fsp3) is 0.154. The number of nitrogens with one attached hydrogen (secondary N) is 1. The van der Waals surface area contributed by atoms with Gasteiger partial charge in [-0.15, -0.1) is 0 Å². The van der Waals surface area contributed by atoms with Crippen LogP contribution >= 0.6 is 27.5 Å². The molecule has 0 fully saturated rings. The van der Waals surface area contributed by atoms with E-state index < -0.39 is 0 Å². The Bertz CT molecular complexity index is 548. The number of methoxy groups -OCH3 is 1. The highest BCUT2D eigenvalue weighted by Crippen LogP contribution is 2.25. The highest BCUT2D eigenvalue weighted by atomic mass is 79.9. The Labute approximate surface area is 119 Å². The van der Waals surface area contributed by atoms with Crippen molar-refractivity contribution in [2.45, 2.75) is 6.54 Å². The molecule has 1 aromatic carbocycles. The molecule has 2 rings (SSSR count). The Hall–Kier alpha value is -1.26. The number of pyridine rings is 1. The van der Waals surface area contributed by atoms with Crippen LogP contribution in [0.5, 0.6) is 5.88 Å². The second kappa shape index (κ2) is 6.07. The molecule has 0 aliphatic heterocycles. The summed E-state index contributed by atoms with van der Waals surface area (Å²) in [5.74, 6) is 0.614. The van der Waals surface area contributed by atoms with Gasteiger partial charge in [0.1, 0.15) is 0 Å². The van der Waals surface area contributed by atoms with Crippen molar-refractivity contribution in [3.8, 4) is 5.88 Å². The zero-order valence-electron chi connectivity index (χ0n) is 9.78. The van der Waals surface area contributed by atoms with Crippen molar-refractivity contribution >= 4 is 33.2 Å². The van der Waals surface area contributed by atoms with Crippen LogP contribution in [0.4, 0.5) is 5.69 Å². The molecule has 2 aromatic rings. The van der Waals surface area contributed by atoms with Crippen molar-refractivity contribution in [2.24, 2.45) is 0 Å². The summed E-state index contributed by atoms with van der Waals surface area (Å²) in [6.07, 6.45) is 0. The number of aromatic nitrogens is 1. The van der Waals surface area contributed by atoms with Gasteiger partial charge in [0, 0.05) is 16.2 Å². The molecule has 0 atom stereocenters. The number of anilines is 1. The van der Waals surface area contributed by atoms with Crippen LogP contribution in [0.1, 0.15) is 5.69 Å². The van der Waals surface area contributed by atoms with Crippen molar-refractivity contribution in [1.82, 2.24) is 4.98 Å². The molecule has 0 spiro atoms. The number of hydrogen-bond acceptors (Lipinski definition) is 3. The summed E-state index contributed by atoms with van der Waals surface area (Å²) in [6.45, 7) is 0.620. The monoisotopic (exact) mass is 326 g/mol. The lowest BCUT2D eigenvalue weighted by molar-refractivity contribution is 0.396. The van der Waals surface area contributed by atoms with E-state index in [-0.39, 0.29) is 0 Å². The van der Waals surface area contributed by atoms with E-state index in [2.05, 4.69) is 26.2 Å². The fourth-order valence-corrected chi connectivity index (χ4v) is 1.90. The molecule has 0 bridgehead atoms. The van der Waals surface area contributed by atoms with Gasteiger partial charge in [-0.05, 0) is 40.2 Å². The highest BCUT2D eigenvalue weighted by Gasteiger charge is 2.00. The molecule has 1 N–H and O–H groups in total. The van der Waals surface area contributed by atoms with E-state index in [1.807, 2.05) is 36.4 Å². The molecule has 0 amide bonds. The van der Waals surface area contributed by atoms with E-state index >= 15 is 0 Å². The highest BCUT2D eigenvalue weighted by molar-refractivity contribution is 9.10. The molecule has 1 heterocycles.